The van der Waals surface area contributed by atoms with Gasteiger partial charge in [0.25, 0.3) is 0 Å². The molecular formula is C22H13F2NO3S. The number of carboxylic acids is 1. The van der Waals surface area contributed by atoms with Crippen LogP contribution in [0.1, 0.15) is 16.5 Å². The van der Waals surface area contributed by atoms with E-state index in [0.717, 1.165) is 33.2 Å². The lowest BCUT2D eigenvalue weighted by atomic mass is 9.93. The van der Waals surface area contributed by atoms with Crippen molar-refractivity contribution < 1.29 is 23.8 Å². The number of hydrogen-bond donors (Lipinski definition) is 2. The minimum atomic E-state index is -4.29. The lowest BCUT2D eigenvalue weighted by Gasteiger charge is -2.16. The van der Waals surface area contributed by atoms with Crippen LogP contribution in [0.25, 0.3) is 32.0 Å². The number of aliphatic hydroxyl groups is 1. The highest BCUT2D eigenvalue weighted by atomic mass is 32.1. The van der Waals surface area contributed by atoms with Crippen molar-refractivity contribution in [3.8, 4) is 17.2 Å². The van der Waals surface area contributed by atoms with Crippen LogP contribution in [-0.4, -0.2) is 22.1 Å². The normalized spacial score (nSPS) is 12.8. The second-order valence-corrected chi connectivity index (χ2v) is 7.63. The number of hydrogen-bond acceptors (Lipinski definition) is 4. The predicted molar refractivity (Wildman–Crippen MR) is 107 cm³/mol. The molecule has 0 aliphatic heterocycles. The third kappa shape index (κ3) is 3.03. The SMILES string of the molecule is N#Cc1ccc(-c2cccc3sc(C(O)C(F)(F)C(=O)O)cc23)c2ccccc12. The minimum absolute atomic E-state index is 0.127. The molecule has 0 aliphatic rings. The molecule has 0 fully saturated rings. The van der Waals surface area contributed by atoms with Crippen molar-refractivity contribution in [2.75, 3.05) is 0 Å². The summed E-state index contributed by atoms with van der Waals surface area (Å²) in [5, 5.41) is 30.3. The minimum Gasteiger partial charge on any atom is -0.477 e. The van der Waals surface area contributed by atoms with Crippen molar-refractivity contribution in [1.29, 1.82) is 5.26 Å². The highest BCUT2D eigenvalue weighted by Crippen LogP contribution is 2.42. The maximum absolute atomic E-state index is 13.8. The lowest BCUT2D eigenvalue weighted by molar-refractivity contribution is -0.182. The highest BCUT2D eigenvalue weighted by Gasteiger charge is 2.48. The van der Waals surface area contributed by atoms with Crippen molar-refractivity contribution in [2.45, 2.75) is 12.0 Å². The first kappa shape index (κ1) is 19.0. The van der Waals surface area contributed by atoms with E-state index in [2.05, 4.69) is 6.07 Å². The van der Waals surface area contributed by atoms with Crippen LogP contribution < -0.4 is 0 Å². The number of alkyl halides is 2. The number of nitrogens with zero attached hydrogens (tertiary/aromatic N) is 1. The average molecular weight is 409 g/mol. The maximum atomic E-state index is 13.8. The molecule has 4 aromatic rings. The van der Waals surface area contributed by atoms with Crippen molar-refractivity contribution >= 4 is 38.2 Å². The van der Waals surface area contributed by atoms with Gasteiger partial charge in [0.05, 0.1) is 11.6 Å². The number of thiophene rings is 1. The first-order chi connectivity index (χ1) is 13.8. The summed E-state index contributed by atoms with van der Waals surface area (Å²) in [6.07, 6.45) is -2.44. The van der Waals surface area contributed by atoms with Gasteiger partial charge < -0.3 is 10.2 Å². The monoisotopic (exact) mass is 409 g/mol. The number of fused-ring (bicyclic) bond motifs is 2. The van der Waals surface area contributed by atoms with Gasteiger partial charge in [-0.3, -0.25) is 0 Å². The molecule has 1 unspecified atom stereocenters. The van der Waals surface area contributed by atoms with Crippen LogP contribution in [0.5, 0.6) is 0 Å². The Labute approximate surface area is 167 Å². The van der Waals surface area contributed by atoms with Crippen molar-refractivity contribution in [3.05, 3.63) is 71.1 Å². The van der Waals surface area contributed by atoms with E-state index in [1.807, 2.05) is 30.3 Å². The Morgan fingerprint density at radius 3 is 2.38 bits per heavy atom. The Kier molecular flexibility index (Phi) is 4.53. The Bertz CT molecular complexity index is 1310. The molecule has 0 bridgehead atoms. The summed E-state index contributed by atoms with van der Waals surface area (Å²) in [6.45, 7) is 0. The second-order valence-electron chi connectivity index (χ2n) is 6.51. The molecule has 1 aromatic heterocycles. The van der Waals surface area contributed by atoms with Crippen molar-refractivity contribution in [2.24, 2.45) is 0 Å². The molecule has 29 heavy (non-hydrogen) atoms. The average Bonchev–Trinajstić information content (AvgIpc) is 3.16. The number of benzene rings is 3. The van der Waals surface area contributed by atoms with E-state index in [0.29, 0.717) is 15.6 Å². The van der Waals surface area contributed by atoms with Gasteiger partial charge in [-0.15, -0.1) is 11.3 Å². The van der Waals surface area contributed by atoms with E-state index in [1.165, 1.54) is 6.07 Å². The first-order valence-electron chi connectivity index (χ1n) is 8.58. The largest absolute Gasteiger partial charge is 0.477 e. The highest BCUT2D eigenvalue weighted by molar-refractivity contribution is 7.19. The fraction of sp³-hybridized carbons (Fsp3) is 0.0909. The fourth-order valence-electron chi connectivity index (χ4n) is 3.38. The van der Waals surface area contributed by atoms with Gasteiger partial charge in [-0.05, 0) is 34.7 Å². The molecule has 4 rings (SSSR count). The topological polar surface area (TPSA) is 81.3 Å². The number of carbonyl (C=O) groups is 1. The third-order valence-electron chi connectivity index (χ3n) is 4.81. The molecule has 0 saturated carbocycles. The molecule has 2 N–H and O–H groups in total. The molecule has 0 amide bonds. The van der Waals surface area contributed by atoms with E-state index in [1.54, 1.807) is 24.3 Å². The summed E-state index contributed by atoms with van der Waals surface area (Å²) in [7, 11) is 0. The number of rotatable bonds is 4. The Balaban J connectivity index is 1.94. The van der Waals surface area contributed by atoms with Crippen LogP contribution in [0.4, 0.5) is 8.78 Å². The fourth-order valence-corrected chi connectivity index (χ4v) is 4.49. The molecule has 1 heterocycles. The van der Waals surface area contributed by atoms with E-state index in [9.17, 15) is 23.9 Å². The maximum Gasteiger partial charge on any atom is 0.377 e. The third-order valence-corrected chi connectivity index (χ3v) is 5.97. The van der Waals surface area contributed by atoms with Crippen LogP contribution >= 0.6 is 11.3 Å². The molecule has 144 valence electrons. The Morgan fingerprint density at radius 1 is 1.00 bits per heavy atom. The summed E-state index contributed by atoms with van der Waals surface area (Å²) in [6, 6.07) is 19.8. The Hall–Kier alpha value is -3.34. The molecule has 3 aromatic carbocycles. The second kappa shape index (κ2) is 6.92. The molecule has 0 saturated heterocycles. The van der Waals surface area contributed by atoms with Gasteiger partial charge in [0, 0.05) is 20.3 Å². The Morgan fingerprint density at radius 2 is 1.69 bits per heavy atom. The lowest BCUT2D eigenvalue weighted by Crippen LogP contribution is -2.35. The number of nitriles is 1. The van der Waals surface area contributed by atoms with Gasteiger partial charge >= 0.3 is 11.9 Å². The first-order valence-corrected chi connectivity index (χ1v) is 9.40. The van der Waals surface area contributed by atoms with Gasteiger partial charge in [0.2, 0.25) is 0 Å². The predicted octanol–water partition coefficient (Wildman–Crippen LogP) is 5.35. The molecule has 1 atom stereocenters. The molecular weight excluding hydrogens is 396 g/mol. The molecule has 4 nitrogen and oxygen atoms in total. The summed E-state index contributed by atoms with van der Waals surface area (Å²) < 4.78 is 28.2. The van der Waals surface area contributed by atoms with Gasteiger partial charge in [-0.2, -0.15) is 14.0 Å². The van der Waals surface area contributed by atoms with Crippen LogP contribution in [0.15, 0.2) is 60.7 Å². The molecule has 7 heteroatoms. The summed E-state index contributed by atoms with van der Waals surface area (Å²) in [4.78, 5) is 10.7. The van der Waals surface area contributed by atoms with Crippen LogP contribution in [0, 0.1) is 11.3 Å². The smallest absolute Gasteiger partial charge is 0.377 e. The van der Waals surface area contributed by atoms with Crippen molar-refractivity contribution in [1.82, 2.24) is 0 Å². The number of carboxylic acid groups (broad SMARTS) is 1. The molecule has 0 spiro atoms. The quantitative estimate of drug-likeness (QED) is 0.476. The van der Waals surface area contributed by atoms with Gasteiger partial charge in [-0.1, -0.05) is 42.5 Å². The summed E-state index contributed by atoms with van der Waals surface area (Å²) in [5.74, 6) is -6.66. The van der Waals surface area contributed by atoms with E-state index >= 15 is 0 Å². The number of aliphatic carboxylic acids is 1. The standard InChI is InChI=1S/C22H13F2NO3S/c23-22(24,21(27)28)20(26)19-10-17-15(6-3-7-18(17)29-19)16-9-8-12(11-25)13-4-1-2-5-14(13)16/h1-10,20,26H,(H,27,28). The summed E-state index contributed by atoms with van der Waals surface area (Å²) in [5.41, 5.74) is 2.09. The van der Waals surface area contributed by atoms with Crippen molar-refractivity contribution in [3.63, 3.8) is 0 Å². The zero-order valence-corrected chi connectivity index (χ0v) is 15.6. The molecule has 0 aliphatic carbocycles. The number of halogens is 2. The van der Waals surface area contributed by atoms with E-state index < -0.39 is 18.0 Å². The zero-order valence-electron chi connectivity index (χ0n) is 14.8. The van der Waals surface area contributed by atoms with Gasteiger partial charge in [-0.25, -0.2) is 4.79 Å². The summed E-state index contributed by atoms with van der Waals surface area (Å²) >= 11 is 0.926. The van der Waals surface area contributed by atoms with Crippen LogP contribution in [0.2, 0.25) is 0 Å². The number of aliphatic hydroxyl groups excluding tert-OH is 1. The van der Waals surface area contributed by atoms with Crippen LogP contribution in [-0.2, 0) is 4.79 Å². The van der Waals surface area contributed by atoms with E-state index in [-0.39, 0.29) is 4.88 Å². The van der Waals surface area contributed by atoms with Gasteiger partial charge in [0.15, 0.2) is 6.10 Å². The zero-order chi connectivity index (χ0) is 20.8. The van der Waals surface area contributed by atoms with Gasteiger partial charge in [0.1, 0.15) is 0 Å². The van der Waals surface area contributed by atoms with E-state index in [4.69, 9.17) is 5.11 Å². The van der Waals surface area contributed by atoms with Crippen LogP contribution in [0.3, 0.4) is 0 Å². The molecule has 0 radical (unpaired) electrons.